The molecule has 5 nitrogen and oxygen atoms in total. The molecule has 110 valence electrons. The van der Waals surface area contributed by atoms with Crippen LogP contribution in [0.5, 0.6) is 0 Å². The molecule has 1 fully saturated rings. The van der Waals surface area contributed by atoms with E-state index < -0.39 is 0 Å². The van der Waals surface area contributed by atoms with E-state index in [1.54, 1.807) is 25.2 Å². The van der Waals surface area contributed by atoms with E-state index in [2.05, 4.69) is 22.5 Å². The van der Waals surface area contributed by atoms with Crippen molar-refractivity contribution in [1.29, 1.82) is 0 Å². The third-order valence-corrected chi connectivity index (χ3v) is 3.83. The molecule has 1 aliphatic heterocycles. The molecule has 2 heterocycles. The van der Waals surface area contributed by atoms with Gasteiger partial charge in [-0.15, -0.1) is 0 Å². The highest BCUT2D eigenvalue weighted by Gasteiger charge is 2.20. The van der Waals surface area contributed by atoms with E-state index >= 15 is 0 Å². The van der Waals surface area contributed by atoms with Crippen LogP contribution < -0.4 is 10.6 Å². The number of carbonyl (C=O) groups is 1. The molecule has 0 saturated carbocycles. The van der Waals surface area contributed by atoms with Crippen LogP contribution in [0.15, 0.2) is 18.3 Å². The Bertz CT molecular complexity index is 438. The zero-order valence-electron chi connectivity index (χ0n) is 12.5. The first-order valence-electron chi connectivity index (χ1n) is 7.23. The van der Waals surface area contributed by atoms with Crippen molar-refractivity contribution in [3.8, 4) is 0 Å². The van der Waals surface area contributed by atoms with Gasteiger partial charge in [0.25, 0.3) is 5.91 Å². The largest absolute Gasteiger partial charge is 0.367 e. The SMILES string of the molecule is CC(Nc1ccc(C(=O)N(C)C)cn1)C1CCCNC1. The summed E-state index contributed by atoms with van der Waals surface area (Å²) in [7, 11) is 3.49. The normalized spacial score (nSPS) is 20.2. The molecule has 0 aliphatic carbocycles. The number of amides is 1. The topological polar surface area (TPSA) is 57.3 Å². The Hall–Kier alpha value is -1.62. The van der Waals surface area contributed by atoms with Gasteiger partial charge in [0.2, 0.25) is 0 Å². The van der Waals surface area contributed by atoms with Crippen LogP contribution in [0.2, 0.25) is 0 Å². The quantitative estimate of drug-likeness (QED) is 0.877. The van der Waals surface area contributed by atoms with Gasteiger partial charge >= 0.3 is 0 Å². The summed E-state index contributed by atoms with van der Waals surface area (Å²) < 4.78 is 0. The van der Waals surface area contributed by atoms with Crippen molar-refractivity contribution in [1.82, 2.24) is 15.2 Å². The van der Waals surface area contributed by atoms with Crippen molar-refractivity contribution in [3.63, 3.8) is 0 Å². The van der Waals surface area contributed by atoms with Gasteiger partial charge in [-0.1, -0.05) is 0 Å². The number of hydrogen-bond acceptors (Lipinski definition) is 4. The Morgan fingerprint density at radius 1 is 1.50 bits per heavy atom. The third-order valence-electron chi connectivity index (χ3n) is 3.83. The van der Waals surface area contributed by atoms with E-state index in [0.717, 1.165) is 18.9 Å². The third kappa shape index (κ3) is 3.70. The lowest BCUT2D eigenvalue weighted by molar-refractivity contribution is 0.0827. The monoisotopic (exact) mass is 276 g/mol. The number of nitrogens with one attached hydrogen (secondary N) is 2. The Kier molecular flexibility index (Phi) is 4.95. The minimum absolute atomic E-state index is 0.0198. The zero-order chi connectivity index (χ0) is 14.5. The van der Waals surface area contributed by atoms with Crippen LogP contribution in [0, 0.1) is 5.92 Å². The molecule has 2 N–H and O–H groups in total. The molecule has 0 spiro atoms. The maximum absolute atomic E-state index is 11.8. The lowest BCUT2D eigenvalue weighted by Crippen LogP contribution is -2.38. The Labute approximate surface area is 120 Å². The fourth-order valence-electron chi connectivity index (χ4n) is 2.52. The van der Waals surface area contributed by atoms with Gasteiger partial charge in [0.1, 0.15) is 5.82 Å². The molecule has 5 heteroatoms. The summed E-state index contributed by atoms with van der Waals surface area (Å²) in [5.41, 5.74) is 0.618. The molecule has 1 aromatic heterocycles. The number of aromatic nitrogens is 1. The Morgan fingerprint density at radius 2 is 2.30 bits per heavy atom. The van der Waals surface area contributed by atoms with Crippen LogP contribution in [0.1, 0.15) is 30.1 Å². The fourth-order valence-corrected chi connectivity index (χ4v) is 2.52. The van der Waals surface area contributed by atoms with Gasteiger partial charge in [0.05, 0.1) is 5.56 Å². The Balaban J connectivity index is 1.94. The first-order valence-corrected chi connectivity index (χ1v) is 7.23. The van der Waals surface area contributed by atoms with Crippen LogP contribution in [0.4, 0.5) is 5.82 Å². The number of hydrogen-bond donors (Lipinski definition) is 2. The molecular weight excluding hydrogens is 252 g/mol. The Morgan fingerprint density at radius 3 is 2.85 bits per heavy atom. The number of nitrogens with zero attached hydrogens (tertiary/aromatic N) is 2. The van der Waals surface area contributed by atoms with Crippen LogP contribution >= 0.6 is 0 Å². The van der Waals surface area contributed by atoms with Crippen LogP contribution in [0.25, 0.3) is 0 Å². The molecule has 0 bridgehead atoms. The summed E-state index contributed by atoms with van der Waals surface area (Å²) in [6.45, 7) is 4.38. The summed E-state index contributed by atoms with van der Waals surface area (Å²) in [6.07, 6.45) is 4.12. The van der Waals surface area contributed by atoms with E-state index in [0.29, 0.717) is 17.5 Å². The van der Waals surface area contributed by atoms with Crippen LogP contribution in [0.3, 0.4) is 0 Å². The van der Waals surface area contributed by atoms with Crippen molar-refractivity contribution in [2.45, 2.75) is 25.8 Å². The van der Waals surface area contributed by atoms with Crippen LogP contribution in [-0.4, -0.2) is 49.0 Å². The second-order valence-electron chi connectivity index (χ2n) is 5.67. The van der Waals surface area contributed by atoms with Gasteiger partial charge in [0, 0.05) is 26.3 Å². The number of piperidine rings is 1. The molecule has 2 atom stereocenters. The molecule has 1 aliphatic rings. The standard InChI is InChI=1S/C15H24N4O/c1-11(12-5-4-8-16-9-12)18-14-7-6-13(10-17-14)15(20)19(2)3/h6-7,10-12,16H,4-5,8-9H2,1-3H3,(H,17,18). The summed E-state index contributed by atoms with van der Waals surface area (Å²) in [5.74, 6) is 1.44. The molecule has 0 radical (unpaired) electrons. The molecule has 2 unspecified atom stereocenters. The average molecular weight is 276 g/mol. The lowest BCUT2D eigenvalue weighted by atomic mass is 9.93. The van der Waals surface area contributed by atoms with Gasteiger partial charge in [-0.05, 0) is 50.9 Å². The van der Waals surface area contributed by atoms with Gasteiger partial charge in [0.15, 0.2) is 0 Å². The van der Waals surface area contributed by atoms with Gasteiger partial charge < -0.3 is 15.5 Å². The van der Waals surface area contributed by atoms with Crippen molar-refractivity contribution in [2.75, 3.05) is 32.5 Å². The first-order chi connectivity index (χ1) is 9.58. The molecule has 1 aromatic rings. The smallest absolute Gasteiger partial charge is 0.254 e. The number of rotatable bonds is 4. The number of anilines is 1. The highest BCUT2D eigenvalue weighted by Crippen LogP contribution is 2.17. The summed E-state index contributed by atoms with van der Waals surface area (Å²) in [5, 5.41) is 6.86. The van der Waals surface area contributed by atoms with E-state index in [1.807, 2.05) is 12.1 Å². The molecule has 1 saturated heterocycles. The first kappa shape index (κ1) is 14.8. The summed E-state index contributed by atoms with van der Waals surface area (Å²) >= 11 is 0. The van der Waals surface area contributed by atoms with Crippen molar-refractivity contribution in [2.24, 2.45) is 5.92 Å². The molecule has 1 amide bonds. The predicted octanol–water partition coefficient (Wildman–Crippen LogP) is 1.58. The molecule has 2 rings (SSSR count). The highest BCUT2D eigenvalue weighted by molar-refractivity contribution is 5.93. The average Bonchev–Trinajstić information content (AvgIpc) is 2.48. The highest BCUT2D eigenvalue weighted by atomic mass is 16.2. The minimum atomic E-state index is -0.0198. The van der Waals surface area contributed by atoms with E-state index in [-0.39, 0.29) is 5.91 Å². The van der Waals surface area contributed by atoms with E-state index in [1.165, 1.54) is 12.8 Å². The predicted molar refractivity (Wildman–Crippen MR) is 80.9 cm³/mol. The van der Waals surface area contributed by atoms with Crippen molar-refractivity contribution < 1.29 is 4.79 Å². The number of pyridine rings is 1. The molecule has 0 aromatic carbocycles. The van der Waals surface area contributed by atoms with Crippen molar-refractivity contribution in [3.05, 3.63) is 23.9 Å². The van der Waals surface area contributed by atoms with Crippen molar-refractivity contribution >= 4 is 11.7 Å². The van der Waals surface area contributed by atoms with Crippen LogP contribution in [-0.2, 0) is 0 Å². The summed E-state index contributed by atoms with van der Waals surface area (Å²) in [6, 6.07) is 4.08. The fraction of sp³-hybridized carbons (Fsp3) is 0.600. The van der Waals surface area contributed by atoms with E-state index in [4.69, 9.17) is 0 Å². The second kappa shape index (κ2) is 6.70. The molecule has 20 heavy (non-hydrogen) atoms. The number of carbonyl (C=O) groups excluding carboxylic acids is 1. The second-order valence-corrected chi connectivity index (χ2v) is 5.67. The van der Waals surface area contributed by atoms with Gasteiger partial charge in [-0.25, -0.2) is 4.98 Å². The lowest BCUT2D eigenvalue weighted by Gasteiger charge is -2.29. The van der Waals surface area contributed by atoms with Gasteiger partial charge in [-0.3, -0.25) is 4.79 Å². The summed E-state index contributed by atoms with van der Waals surface area (Å²) in [4.78, 5) is 17.7. The maximum atomic E-state index is 11.8. The zero-order valence-corrected chi connectivity index (χ0v) is 12.5. The van der Waals surface area contributed by atoms with Gasteiger partial charge in [-0.2, -0.15) is 0 Å². The van der Waals surface area contributed by atoms with E-state index in [9.17, 15) is 4.79 Å². The molecular formula is C15H24N4O. The minimum Gasteiger partial charge on any atom is -0.367 e. The maximum Gasteiger partial charge on any atom is 0.254 e.